The third-order valence-corrected chi connectivity index (χ3v) is 2.99. The SMILES string of the molecule is CC(=O)Nc1cccc(NC(=O)c2cccc(O)c2C)c1. The predicted molar refractivity (Wildman–Crippen MR) is 81.5 cm³/mol. The van der Waals surface area contributed by atoms with Gasteiger partial charge < -0.3 is 15.7 Å². The second kappa shape index (κ2) is 6.09. The molecule has 5 heteroatoms. The Labute approximate surface area is 122 Å². The maximum Gasteiger partial charge on any atom is 0.256 e. The standard InChI is InChI=1S/C16H16N2O3/c1-10-14(7-4-8-15(10)20)16(21)18-13-6-3-5-12(9-13)17-11(2)19/h3-9,20H,1-2H3,(H,17,19)(H,18,21). The van der Waals surface area contributed by atoms with Crippen molar-refractivity contribution in [2.45, 2.75) is 13.8 Å². The van der Waals surface area contributed by atoms with Gasteiger partial charge in [0.25, 0.3) is 5.91 Å². The molecule has 0 atom stereocenters. The van der Waals surface area contributed by atoms with Gasteiger partial charge in [0.2, 0.25) is 5.91 Å². The number of amides is 2. The highest BCUT2D eigenvalue weighted by molar-refractivity contribution is 6.06. The van der Waals surface area contributed by atoms with E-state index >= 15 is 0 Å². The Balaban J connectivity index is 2.20. The second-order valence-electron chi connectivity index (χ2n) is 4.67. The molecular formula is C16H16N2O3. The van der Waals surface area contributed by atoms with E-state index in [0.717, 1.165) is 0 Å². The fourth-order valence-corrected chi connectivity index (χ4v) is 1.95. The zero-order valence-electron chi connectivity index (χ0n) is 11.8. The van der Waals surface area contributed by atoms with Gasteiger partial charge in [-0.25, -0.2) is 0 Å². The molecule has 5 nitrogen and oxygen atoms in total. The first-order valence-corrected chi connectivity index (χ1v) is 6.45. The van der Waals surface area contributed by atoms with Gasteiger partial charge in [0.15, 0.2) is 0 Å². The first-order valence-electron chi connectivity index (χ1n) is 6.45. The third-order valence-electron chi connectivity index (χ3n) is 2.99. The topological polar surface area (TPSA) is 78.4 Å². The minimum Gasteiger partial charge on any atom is -0.508 e. The van der Waals surface area contributed by atoms with Crippen molar-refractivity contribution in [2.24, 2.45) is 0 Å². The number of carbonyl (C=O) groups excluding carboxylic acids is 2. The molecule has 0 bridgehead atoms. The Morgan fingerprint density at radius 3 is 2.29 bits per heavy atom. The molecule has 2 amide bonds. The maximum atomic E-state index is 12.2. The summed E-state index contributed by atoms with van der Waals surface area (Å²) in [6.45, 7) is 3.10. The molecule has 0 aliphatic carbocycles. The van der Waals surface area contributed by atoms with Crippen LogP contribution in [0.25, 0.3) is 0 Å². The number of phenols is 1. The lowest BCUT2D eigenvalue weighted by atomic mass is 10.1. The summed E-state index contributed by atoms with van der Waals surface area (Å²) in [4.78, 5) is 23.2. The molecule has 3 N–H and O–H groups in total. The average Bonchev–Trinajstić information content (AvgIpc) is 2.41. The minimum atomic E-state index is -0.316. The average molecular weight is 284 g/mol. The molecule has 2 aromatic carbocycles. The van der Waals surface area contributed by atoms with Crippen LogP contribution in [0.3, 0.4) is 0 Å². The first-order chi connectivity index (χ1) is 9.97. The Morgan fingerprint density at radius 1 is 1.00 bits per heavy atom. The highest BCUT2D eigenvalue weighted by Crippen LogP contribution is 2.21. The fraction of sp³-hybridized carbons (Fsp3) is 0.125. The number of benzene rings is 2. The van der Waals surface area contributed by atoms with Crippen molar-refractivity contribution < 1.29 is 14.7 Å². The van der Waals surface area contributed by atoms with Crippen LogP contribution < -0.4 is 10.6 Å². The third kappa shape index (κ3) is 3.60. The van der Waals surface area contributed by atoms with Crippen molar-refractivity contribution >= 4 is 23.2 Å². The maximum absolute atomic E-state index is 12.2. The molecule has 0 saturated carbocycles. The summed E-state index contributed by atoms with van der Waals surface area (Å²) >= 11 is 0. The molecule has 0 aromatic heterocycles. The number of phenolic OH excluding ortho intramolecular Hbond substituents is 1. The van der Waals surface area contributed by atoms with Crippen molar-refractivity contribution in [1.82, 2.24) is 0 Å². The van der Waals surface area contributed by atoms with Gasteiger partial charge in [-0.1, -0.05) is 12.1 Å². The highest BCUT2D eigenvalue weighted by Gasteiger charge is 2.11. The van der Waals surface area contributed by atoms with Gasteiger partial charge in [0.1, 0.15) is 5.75 Å². The van der Waals surface area contributed by atoms with Crippen LogP contribution in [0.15, 0.2) is 42.5 Å². The van der Waals surface area contributed by atoms with Crippen LogP contribution in [0.4, 0.5) is 11.4 Å². The predicted octanol–water partition coefficient (Wildman–Crippen LogP) is 2.91. The van der Waals surface area contributed by atoms with Crippen LogP contribution in [0.1, 0.15) is 22.8 Å². The molecule has 0 aliphatic rings. The molecule has 0 spiro atoms. The van der Waals surface area contributed by atoms with Crippen molar-refractivity contribution in [3.63, 3.8) is 0 Å². The Hall–Kier alpha value is -2.82. The van der Waals surface area contributed by atoms with Gasteiger partial charge in [-0.2, -0.15) is 0 Å². The zero-order valence-corrected chi connectivity index (χ0v) is 11.8. The van der Waals surface area contributed by atoms with Crippen molar-refractivity contribution in [3.05, 3.63) is 53.6 Å². The summed E-state index contributed by atoms with van der Waals surface area (Å²) in [7, 11) is 0. The van der Waals surface area contributed by atoms with E-state index in [-0.39, 0.29) is 17.6 Å². The molecule has 0 radical (unpaired) electrons. The van der Waals surface area contributed by atoms with Gasteiger partial charge in [0.05, 0.1) is 0 Å². The Kier molecular flexibility index (Phi) is 4.23. The van der Waals surface area contributed by atoms with Crippen LogP contribution in [0.2, 0.25) is 0 Å². The fourth-order valence-electron chi connectivity index (χ4n) is 1.95. The lowest BCUT2D eigenvalue weighted by molar-refractivity contribution is -0.114. The highest BCUT2D eigenvalue weighted by atomic mass is 16.3. The van der Waals surface area contributed by atoms with Crippen molar-refractivity contribution in [3.8, 4) is 5.75 Å². The van der Waals surface area contributed by atoms with Crippen LogP contribution in [-0.2, 0) is 4.79 Å². The van der Waals surface area contributed by atoms with E-state index in [4.69, 9.17) is 0 Å². The van der Waals surface area contributed by atoms with Crippen LogP contribution in [0, 0.1) is 6.92 Å². The summed E-state index contributed by atoms with van der Waals surface area (Å²) in [5.74, 6) is -0.416. The molecule has 2 aromatic rings. The minimum absolute atomic E-state index is 0.0784. The lowest BCUT2D eigenvalue weighted by Gasteiger charge is -2.10. The molecule has 0 saturated heterocycles. The number of hydrogen-bond acceptors (Lipinski definition) is 3. The van der Waals surface area contributed by atoms with Gasteiger partial charge in [-0.3, -0.25) is 9.59 Å². The van der Waals surface area contributed by atoms with E-state index in [2.05, 4.69) is 10.6 Å². The van der Waals surface area contributed by atoms with Crippen LogP contribution >= 0.6 is 0 Å². The smallest absolute Gasteiger partial charge is 0.256 e. The van der Waals surface area contributed by atoms with Gasteiger partial charge in [-0.05, 0) is 37.3 Å². The van der Waals surface area contributed by atoms with Crippen LogP contribution in [-0.4, -0.2) is 16.9 Å². The van der Waals surface area contributed by atoms with Gasteiger partial charge in [-0.15, -0.1) is 0 Å². The summed E-state index contributed by atoms with van der Waals surface area (Å²) in [6.07, 6.45) is 0. The summed E-state index contributed by atoms with van der Waals surface area (Å²) in [5.41, 5.74) is 2.09. The molecular weight excluding hydrogens is 268 g/mol. The summed E-state index contributed by atoms with van der Waals surface area (Å²) in [6, 6.07) is 11.6. The normalized spacial score (nSPS) is 10.0. The molecule has 0 unspecified atom stereocenters. The Morgan fingerprint density at radius 2 is 1.62 bits per heavy atom. The molecule has 0 heterocycles. The van der Waals surface area contributed by atoms with Crippen molar-refractivity contribution in [2.75, 3.05) is 10.6 Å². The van der Waals surface area contributed by atoms with E-state index < -0.39 is 0 Å². The van der Waals surface area contributed by atoms with Gasteiger partial charge >= 0.3 is 0 Å². The molecule has 21 heavy (non-hydrogen) atoms. The molecule has 108 valence electrons. The zero-order chi connectivity index (χ0) is 15.4. The number of anilines is 2. The number of nitrogens with one attached hydrogen (secondary N) is 2. The summed E-state index contributed by atoms with van der Waals surface area (Å²) < 4.78 is 0. The van der Waals surface area contributed by atoms with Crippen LogP contribution in [0.5, 0.6) is 5.75 Å². The van der Waals surface area contributed by atoms with E-state index in [0.29, 0.717) is 22.5 Å². The molecule has 2 rings (SSSR count). The number of carbonyl (C=O) groups is 2. The monoisotopic (exact) mass is 284 g/mol. The van der Waals surface area contributed by atoms with Crippen molar-refractivity contribution in [1.29, 1.82) is 0 Å². The second-order valence-corrected chi connectivity index (χ2v) is 4.67. The van der Waals surface area contributed by atoms with E-state index in [9.17, 15) is 14.7 Å². The first kappa shape index (κ1) is 14.6. The quantitative estimate of drug-likeness (QED) is 0.811. The number of rotatable bonds is 3. The van der Waals surface area contributed by atoms with Gasteiger partial charge in [0, 0.05) is 29.4 Å². The summed E-state index contributed by atoms with van der Waals surface area (Å²) in [5, 5.41) is 15.0. The number of aromatic hydroxyl groups is 1. The Bertz CT molecular complexity index is 696. The van der Waals surface area contributed by atoms with E-state index in [1.165, 1.54) is 13.0 Å². The molecule has 0 fully saturated rings. The van der Waals surface area contributed by atoms with E-state index in [1.54, 1.807) is 43.3 Å². The number of hydrogen-bond donors (Lipinski definition) is 3. The van der Waals surface area contributed by atoms with E-state index in [1.807, 2.05) is 0 Å². The largest absolute Gasteiger partial charge is 0.508 e. The molecule has 0 aliphatic heterocycles. The lowest BCUT2D eigenvalue weighted by Crippen LogP contribution is -2.14.